The van der Waals surface area contributed by atoms with Crippen LogP contribution in [0.3, 0.4) is 0 Å². The van der Waals surface area contributed by atoms with Crippen LogP contribution in [0.15, 0.2) is 53.5 Å². The number of nitrogens with zero attached hydrogens (tertiary/aromatic N) is 2. The van der Waals surface area contributed by atoms with Crippen molar-refractivity contribution >= 4 is 11.6 Å². The zero-order chi connectivity index (χ0) is 18.9. The van der Waals surface area contributed by atoms with E-state index in [0.29, 0.717) is 13.1 Å². The van der Waals surface area contributed by atoms with Crippen molar-refractivity contribution in [2.75, 3.05) is 37.7 Å². The van der Waals surface area contributed by atoms with Crippen LogP contribution in [-0.4, -0.2) is 38.8 Å². The summed E-state index contributed by atoms with van der Waals surface area (Å²) in [5.41, 5.74) is 3.44. The molecule has 1 aliphatic heterocycles. The summed E-state index contributed by atoms with van der Waals surface area (Å²) >= 11 is 0. The van der Waals surface area contributed by atoms with Crippen molar-refractivity contribution in [1.82, 2.24) is 10.6 Å². The van der Waals surface area contributed by atoms with Gasteiger partial charge >= 0.3 is 0 Å². The zero-order valence-electron chi connectivity index (χ0n) is 15.7. The van der Waals surface area contributed by atoms with Gasteiger partial charge in [-0.05, 0) is 36.2 Å². The summed E-state index contributed by atoms with van der Waals surface area (Å²) in [6.45, 7) is 7.36. The molecule has 0 amide bonds. The Morgan fingerprint density at radius 1 is 1.07 bits per heavy atom. The molecule has 2 aromatic carbocycles. The largest absolute Gasteiger partial charge is 0.378 e. The van der Waals surface area contributed by atoms with Crippen LogP contribution in [0.25, 0.3) is 0 Å². The summed E-state index contributed by atoms with van der Waals surface area (Å²) in [6.07, 6.45) is 0. The van der Waals surface area contributed by atoms with E-state index in [4.69, 9.17) is 4.74 Å². The molecule has 0 atom stereocenters. The maximum Gasteiger partial charge on any atom is 0.191 e. The van der Waals surface area contributed by atoms with Gasteiger partial charge < -0.3 is 20.3 Å². The number of hydrogen-bond acceptors (Lipinski definition) is 3. The van der Waals surface area contributed by atoms with Gasteiger partial charge in [-0.3, -0.25) is 0 Å². The predicted octanol–water partition coefficient (Wildman–Crippen LogP) is 2.92. The van der Waals surface area contributed by atoms with Crippen molar-refractivity contribution in [2.45, 2.75) is 20.0 Å². The van der Waals surface area contributed by atoms with E-state index in [1.807, 2.05) is 6.92 Å². The Balaban J connectivity index is 1.65. The molecule has 1 aliphatic rings. The zero-order valence-corrected chi connectivity index (χ0v) is 15.7. The molecule has 0 unspecified atom stereocenters. The first kappa shape index (κ1) is 19.2. The fourth-order valence-corrected chi connectivity index (χ4v) is 3.05. The first-order valence-corrected chi connectivity index (χ1v) is 9.43. The van der Waals surface area contributed by atoms with E-state index in [9.17, 15) is 4.39 Å². The minimum absolute atomic E-state index is 0.229. The third-order valence-electron chi connectivity index (χ3n) is 4.47. The molecule has 27 heavy (non-hydrogen) atoms. The van der Waals surface area contributed by atoms with E-state index < -0.39 is 0 Å². The lowest BCUT2D eigenvalue weighted by atomic mass is 10.1. The topological polar surface area (TPSA) is 48.9 Å². The fraction of sp³-hybridized carbons (Fsp3) is 0.381. The number of guanidine groups is 1. The highest BCUT2D eigenvalue weighted by atomic mass is 19.1. The number of para-hydroxylation sites is 1. The summed E-state index contributed by atoms with van der Waals surface area (Å²) in [5, 5.41) is 6.67. The molecule has 3 rings (SSSR count). The quantitative estimate of drug-likeness (QED) is 0.606. The number of nitrogens with one attached hydrogen (secondary N) is 2. The molecule has 6 heteroatoms. The first-order chi connectivity index (χ1) is 13.3. The molecular weight excluding hydrogens is 343 g/mol. The van der Waals surface area contributed by atoms with Gasteiger partial charge in [-0.15, -0.1) is 0 Å². The average Bonchev–Trinajstić information content (AvgIpc) is 2.72. The van der Waals surface area contributed by atoms with E-state index >= 15 is 0 Å². The van der Waals surface area contributed by atoms with E-state index in [0.717, 1.165) is 44.4 Å². The van der Waals surface area contributed by atoms with Gasteiger partial charge in [-0.1, -0.05) is 30.3 Å². The molecule has 0 bridgehead atoms. The highest BCUT2D eigenvalue weighted by molar-refractivity contribution is 5.80. The Morgan fingerprint density at radius 3 is 2.56 bits per heavy atom. The van der Waals surface area contributed by atoms with Gasteiger partial charge in [0.25, 0.3) is 0 Å². The average molecular weight is 370 g/mol. The second kappa shape index (κ2) is 9.92. The van der Waals surface area contributed by atoms with Gasteiger partial charge in [-0.2, -0.15) is 0 Å². The molecule has 2 N–H and O–H groups in total. The van der Waals surface area contributed by atoms with Crippen LogP contribution in [0.5, 0.6) is 0 Å². The van der Waals surface area contributed by atoms with Crippen LogP contribution >= 0.6 is 0 Å². The summed E-state index contributed by atoms with van der Waals surface area (Å²) in [4.78, 5) is 6.97. The molecule has 1 fully saturated rings. The standard InChI is InChI=1S/C21H27FN4O/c1-2-23-21(24-15-17-7-9-19(22)10-8-17)25-16-18-5-3-4-6-20(18)26-11-13-27-14-12-26/h3-10H,2,11-16H2,1H3,(H2,23,24,25). The van der Waals surface area contributed by atoms with E-state index in [2.05, 4.69) is 44.8 Å². The minimum atomic E-state index is -0.229. The SMILES string of the molecule is CCNC(=NCc1ccc(F)cc1)NCc1ccccc1N1CCOCC1. The minimum Gasteiger partial charge on any atom is -0.378 e. The van der Waals surface area contributed by atoms with Crippen molar-refractivity contribution in [3.63, 3.8) is 0 Å². The number of rotatable bonds is 6. The smallest absolute Gasteiger partial charge is 0.191 e. The highest BCUT2D eigenvalue weighted by Gasteiger charge is 2.14. The molecule has 2 aromatic rings. The van der Waals surface area contributed by atoms with Crippen molar-refractivity contribution in [1.29, 1.82) is 0 Å². The van der Waals surface area contributed by atoms with E-state index in [1.54, 1.807) is 12.1 Å². The molecule has 0 aromatic heterocycles. The molecule has 5 nitrogen and oxygen atoms in total. The number of ether oxygens (including phenoxy) is 1. The second-order valence-electron chi connectivity index (χ2n) is 6.40. The van der Waals surface area contributed by atoms with Gasteiger partial charge in [0.1, 0.15) is 5.82 Å². The lowest BCUT2D eigenvalue weighted by Gasteiger charge is -2.30. The van der Waals surface area contributed by atoms with Crippen LogP contribution in [0.1, 0.15) is 18.1 Å². The van der Waals surface area contributed by atoms with Gasteiger partial charge in [0, 0.05) is 31.9 Å². The van der Waals surface area contributed by atoms with Crippen molar-refractivity contribution in [2.24, 2.45) is 4.99 Å². The Kier molecular flexibility index (Phi) is 7.04. The van der Waals surface area contributed by atoms with E-state index in [-0.39, 0.29) is 5.82 Å². The molecule has 1 heterocycles. The van der Waals surface area contributed by atoms with Crippen LogP contribution in [-0.2, 0) is 17.8 Å². The van der Waals surface area contributed by atoms with Crippen molar-refractivity contribution < 1.29 is 9.13 Å². The predicted molar refractivity (Wildman–Crippen MR) is 108 cm³/mol. The number of aliphatic imine (C=N–C) groups is 1. The Hall–Kier alpha value is -2.60. The number of morpholine rings is 1. The van der Waals surface area contributed by atoms with Gasteiger partial charge in [0.2, 0.25) is 0 Å². The molecule has 0 spiro atoms. The van der Waals surface area contributed by atoms with Crippen LogP contribution in [0, 0.1) is 5.82 Å². The van der Waals surface area contributed by atoms with E-state index in [1.165, 1.54) is 23.4 Å². The van der Waals surface area contributed by atoms with Crippen LogP contribution in [0.4, 0.5) is 10.1 Å². The Morgan fingerprint density at radius 2 is 1.81 bits per heavy atom. The first-order valence-electron chi connectivity index (χ1n) is 9.43. The molecular formula is C21H27FN4O. The normalized spacial score (nSPS) is 14.9. The molecule has 1 saturated heterocycles. The van der Waals surface area contributed by atoms with Gasteiger partial charge in [0.05, 0.1) is 19.8 Å². The third-order valence-corrected chi connectivity index (χ3v) is 4.47. The van der Waals surface area contributed by atoms with Crippen LogP contribution < -0.4 is 15.5 Å². The lowest BCUT2D eigenvalue weighted by Crippen LogP contribution is -2.39. The second-order valence-corrected chi connectivity index (χ2v) is 6.40. The molecule has 0 aliphatic carbocycles. The Bertz CT molecular complexity index is 742. The summed E-state index contributed by atoms with van der Waals surface area (Å²) in [5.74, 6) is 0.520. The monoisotopic (exact) mass is 370 g/mol. The molecule has 144 valence electrons. The number of anilines is 1. The summed E-state index contributed by atoms with van der Waals surface area (Å²) in [7, 11) is 0. The maximum atomic E-state index is 13.0. The van der Waals surface area contributed by atoms with Crippen molar-refractivity contribution in [3.05, 3.63) is 65.5 Å². The van der Waals surface area contributed by atoms with Crippen molar-refractivity contribution in [3.8, 4) is 0 Å². The fourth-order valence-electron chi connectivity index (χ4n) is 3.05. The van der Waals surface area contributed by atoms with Gasteiger partial charge in [-0.25, -0.2) is 9.38 Å². The lowest BCUT2D eigenvalue weighted by molar-refractivity contribution is 0.122. The molecule has 0 radical (unpaired) electrons. The summed E-state index contributed by atoms with van der Waals surface area (Å²) in [6, 6.07) is 14.9. The van der Waals surface area contributed by atoms with Crippen LogP contribution in [0.2, 0.25) is 0 Å². The Labute approximate surface area is 160 Å². The maximum absolute atomic E-state index is 13.0. The number of benzene rings is 2. The number of halogens is 1. The third kappa shape index (κ3) is 5.69. The van der Waals surface area contributed by atoms with Gasteiger partial charge in [0.15, 0.2) is 5.96 Å². The summed E-state index contributed by atoms with van der Waals surface area (Å²) < 4.78 is 18.5. The number of hydrogen-bond donors (Lipinski definition) is 2. The highest BCUT2D eigenvalue weighted by Crippen LogP contribution is 2.21. The molecule has 0 saturated carbocycles.